The summed E-state index contributed by atoms with van der Waals surface area (Å²) in [6.07, 6.45) is 0.976. The van der Waals surface area contributed by atoms with E-state index in [1.807, 2.05) is 32.2 Å². The Morgan fingerprint density at radius 3 is 2.81 bits per heavy atom. The summed E-state index contributed by atoms with van der Waals surface area (Å²) in [5.74, 6) is -0.0437. The molecular weight excluding hydrogens is 222 g/mol. The predicted molar refractivity (Wildman–Crippen MR) is 66.7 cm³/mol. The highest BCUT2D eigenvalue weighted by atomic mass is 32.1. The zero-order valence-electron chi connectivity index (χ0n) is 10.0. The van der Waals surface area contributed by atoms with Gasteiger partial charge in [0.1, 0.15) is 6.61 Å². The van der Waals surface area contributed by atoms with E-state index in [-0.39, 0.29) is 24.7 Å². The maximum Gasteiger partial charge on any atom is 0.246 e. The van der Waals surface area contributed by atoms with Crippen molar-refractivity contribution >= 4 is 17.2 Å². The summed E-state index contributed by atoms with van der Waals surface area (Å²) in [6, 6.07) is 4.26. The van der Waals surface area contributed by atoms with Crippen molar-refractivity contribution in [2.45, 2.75) is 39.3 Å². The number of nitrogens with one attached hydrogen (secondary N) is 1. The van der Waals surface area contributed by atoms with Crippen LogP contribution >= 0.6 is 11.3 Å². The Morgan fingerprint density at radius 2 is 2.25 bits per heavy atom. The number of rotatable bonds is 6. The Hall–Kier alpha value is -0.870. The minimum atomic E-state index is -0.0437. The molecule has 16 heavy (non-hydrogen) atoms. The fourth-order valence-corrected chi connectivity index (χ4v) is 2.18. The molecule has 0 saturated heterocycles. The molecule has 0 spiro atoms. The van der Waals surface area contributed by atoms with Crippen LogP contribution in [0.2, 0.25) is 0 Å². The van der Waals surface area contributed by atoms with Gasteiger partial charge in [-0.15, -0.1) is 11.3 Å². The molecule has 1 aromatic rings. The van der Waals surface area contributed by atoms with Crippen molar-refractivity contribution in [1.82, 2.24) is 5.32 Å². The molecule has 1 N–H and O–H groups in total. The van der Waals surface area contributed by atoms with Crippen molar-refractivity contribution in [1.29, 1.82) is 0 Å². The van der Waals surface area contributed by atoms with Gasteiger partial charge in [0.2, 0.25) is 5.91 Å². The van der Waals surface area contributed by atoms with Crippen LogP contribution in [-0.2, 0) is 16.0 Å². The number of carbonyl (C=O) groups excluding carboxylic acids is 1. The van der Waals surface area contributed by atoms with Crippen molar-refractivity contribution in [3.8, 4) is 0 Å². The van der Waals surface area contributed by atoms with Gasteiger partial charge >= 0.3 is 0 Å². The van der Waals surface area contributed by atoms with Crippen LogP contribution in [0, 0.1) is 0 Å². The van der Waals surface area contributed by atoms with E-state index in [9.17, 15) is 4.79 Å². The maximum atomic E-state index is 11.5. The normalized spacial score (nSPS) is 12.8. The molecule has 1 unspecified atom stereocenters. The summed E-state index contributed by atoms with van der Waals surface area (Å²) >= 11 is 1.71. The molecule has 0 bridgehead atoms. The Bertz CT molecular complexity index is 309. The number of thiophene rings is 1. The molecule has 1 heterocycles. The van der Waals surface area contributed by atoms with Crippen LogP contribution in [0.3, 0.4) is 0 Å². The second kappa shape index (κ2) is 6.66. The van der Waals surface area contributed by atoms with Crippen molar-refractivity contribution in [3.63, 3.8) is 0 Å². The molecule has 0 aliphatic heterocycles. The van der Waals surface area contributed by atoms with Gasteiger partial charge in [0, 0.05) is 17.3 Å². The van der Waals surface area contributed by atoms with E-state index in [0.717, 1.165) is 6.42 Å². The SMILES string of the molecule is CC(Cc1cccs1)NC(=O)COC(C)C. The molecule has 0 aliphatic rings. The topological polar surface area (TPSA) is 38.3 Å². The van der Waals surface area contributed by atoms with Gasteiger partial charge in [-0.1, -0.05) is 6.07 Å². The van der Waals surface area contributed by atoms with Gasteiger partial charge in [-0.2, -0.15) is 0 Å². The van der Waals surface area contributed by atoms with Crippen molar-refractivity contribution in [2.75, 3.05) is 6.61 Å². The fourth-order valence-electron chi connectivity index (χ4n) is 1.34. The maximum absolute atomic E-state index is 11.5. The van der Waals surface area contributed by atoms with Gasteiger partial charge in [0.15, 0.2) is 0 Å². The first kappa shape index (κ1) is 13.2. The van der Waals surface area contributed by atoms with Crippen molar-refractivity contribution < 1.29 is 9.53 Å². The van der Waals surface area contributed by atoms with Gasteiger partial charge < -0.3 is 10.1 Å². The molecular formula is C12H19NO2S. The number of hydrogen-bond acceptors (Lipinski definition) is 3. The van der Waals surface area contributed by atoms with Gasteiger partial charge in [0.05, 0.1) is 6.10 Å². The third-order valence-electron chi connectivity index (χ3n) is 2.04. The number of amides is 1. The Morgan fingerprint density at radius 1 is 1.50 bits per heavy atom. The van der Waals surface area contributed by atoms with Gasteiger partial charge in [0.25, 0.3) is 0 Å². The fraction of sp³-hybridized carbons (Fsp3) is 0.583. The standard InChI is InChI=1S/C12H19NO2S/c1-9(2)15-8-12(14)13-10(3)7-11-5-4-6-16-11/h4-6,9-10H,7-8H2,1-3H3,(H,13,14). The first-order chi connectivity index (χ1) is 7.58. The van der Waals surface area contributed by atoms with E-state index in [1.165, 1.54) is 4.88 Å². The zero-order chi connectivity index (χ0) is 12.0. The lowest BCUT2D eigenvalue weighted by molar-refractivity contribution is -0.127. The molecule has 0 aromatic carbocycles. The predicted octanol–water partition coefficient (Wildman–Crippen LogP) is 2.22. The number of carbonyl (C=O) groups is 1. The number of hydrogen-bond donors (Lipinski definition) is 1. The second-order valence-corrected chi connectivity index (χ2v) is 5.14. The first-order valence-corrected chi connectivity index (χ1v) is 6.39. The van der Waals surface area contributed by atoms with Crippen LogP contribution in [0.4, 0.5) is 0 Å². The molecule has 4 heteroatoms. The summed E-state index contributed by atoms with van der Waals surface area (Å²) in [5.41, 5.74) is 0. The molecule has 1 atom stereocenters. The number of ether oxygens (including phenoxy) is 1. The lowest BCUT2D eigenvalue weighted by Crippen LogP contribution is -2.36. The van der Waals surface area contributed by atoms with Gasteiger partial charge in [-0.25, -0.2) is 0 Å². The third-order valence-corrected chi connectivity index (χ3v) is 2.94. The molecule has 90 valence electrons. The van der Waals surface area contributed by atoms with Crippen LogP contribution < -0.4 is 5.32 Å². The van der Waals surface area contributed by atoms with Crippen LogP contribution in [0.15, 0.2) is 17.5 Å². The third kappa shape index (κ3) is 5.28. The average molecular weight is 241 g/mol. The van der Waals surface area contributed by atoms with Crippen molar-refractivity contribution in [2.24, 2.45) is 0 Å². The van der Waals surface area contributed by atoms with Gasteiger partial charge in [-0.05, 0) is 32.2 Å². The van der Waals surface area contributed by atoms with Crippen molar-refractivity contribution in [3.05, 3.63) is 22.4 Å². The average Bonchev–Trinajstić information content (AvgIpc) is 2.67. The molecule has 0 aliphatic carbocycles. The molecule has 1 aromatic heterocycles. The van der Waals surface area contributed by atoms with E-state index in [0.29, 0.717) is 0 Å². The van der Waals surface area contributed by atoms with Crippen LogP contribution in [0.5, 0.6) is 0 Å². The monoisotopic (exact) mass is 241 g/mol. The minimum Gasteiger partial charge on any atom is -0.369 e. The highest BCUT2D eigenvalue weighted by molar-refractivity contribution is 7.09. The summed E-state index contributed by atoms with van der Waals surface area (Å²) in [7, 11) is 0. The Kier molecular flexibility index (Phi) is 5.49. The lowest BCUT2D eigenvalue weighted by atomic mass is 10.2. The van der Waals surface area contributed by atoms with E-state index in [2.05, 4.69) is 11.4 Å². The largest absolute Gasteiger partial charge is 0.369 e. The van der Waals surface area contributed by atoms with E-state index in [4.69, 9.17) is 4.74 Å². The first-order valence-electron chi connectivity index (χ1n) is 5.51. The van der Waals surface area contributed by atoms with E-state index >= 15 is 0 Å². The van der Waals surface area contributed by atoms with E-state index in [1.54, 1.807) is 11.3 Å². The van der Waals surface area contributed by atoms with E-state index < -0.39 is 0 Å². The van der Waals surface area contributed by atoms with Gasteiger partial charge in [-0.3, -0.25) is 4.79 Å². The Balaban J connectivity index is 2.23. The molecule has 0 radical (unpaired) electrons. The molecule has 1 amide bonds. The summed E-state index contributed by atoms with van der Waals surface area (Å²) < 4.78 is 5.23. The van der Waals surface area contributed by atoms with Crippen LogP contribution in [0.25, 0.3) is 0 Å². The zero-order valence-corrected chi connectivity index (χ0v) is 10.8. The summed E-state index contributed by atoms with van der Waals surface area (Å²) in [4.78, 5) is 12.7. The Labute approximate surface area is 101 Å². The second-order valence-electron chi connectivity index (χ2n) is 4.11. The molecule has 0 saturated carbocycles. The molecule has 3 nitrogen and oxygen atoms in total. The minimum absolute atomic E-state index is 0.0437. The molecule has 1 rings (SSSR count). The lowest BCUT2D eigenvalue weighted by Gasteiger charge is -2.14. The highest BCUT2D eigenvalue weighted by Crippen LogP contribution is 2.10. The van der Waals surface area contributed by atoms with Crippen LogP contribution in [-0.4, -0.2) is 24.7 Å². The summed E-state index contributed by atoms with van der Waals surface area (Å²) in [5, 5.41) is 4.96. The highest BCUT2D eigenvalue weighted by Gasteiger charge is 2.09. The smallest absolute Gasteiger partial charge is 0.246 e. The summed E-state index contributed by atoms with van der Waals surface area (Å²) in [6.45, 7) is 5.99. The quantitative estimate of drug-likeness (QED) is 0.829. The van der Waals surface area contributed by atoms with Crippen LogP contribution in [0.1, 0.15) is 25.6 Å². The molecule has 0 fully saturated rings.